The van der Waals surface area contributed by atoms with Crippen molar-refractivity contribution >= 4 is 15.9 Å². The number of ether oxygens (including phenoxy) is 2. The number of nitrogens with zero attached hydrogens (tertiary/aromatic N) is 2. The van der Waals surface area contributed by atoms with Gasteiger partial charge >= 0.3 is 6.09 Å². The topological polar surface area (TPSA) is 94.9 Å². The second-order valence-corrected chi connectivity index (χ2v) is 12.3. The number of piperidine rings is 1. The zero-order valence-corrected chi connectivity index (χ0v) is 23.0. The van der Waals surface area contributed by atoms with Crippen LogP contribution in [0.3, 0.4) is 0 Å². The summed E-state index contributed by atoms with van der Waals surface area (Å²) >= 11 is 0. The average molecular weight is 539 g/mol. The van der Waals surface area contributed by atoms with E-state index in [0.717, 1.165) is 12.7 Å². The fourth-order valence-corrected chi connectivity index (χ4v) is 4.92. The first-order chi connectivity index (χ1) is 18.0. The molecule has 0 aliphatic carbocycles. The van der Waals surface area contributed by atoms with Crippen LogP contribution >= 0.6 is 0 Å². The first-order valence-corrected chi connectivity index (χ1v) is 14.6. The first-order valence-electron chi connectivity index (χ1n) is 12.7. The normalized spacial score (nSPS) is 14.8. The lowest BCUT2D eigenvalue weighted by atomic mass is 9.82. The number of pyridine rings is 1. The third-order valence-electron chi connectivity index (χ3n) is 7.16. The molecule has 1 aromatic heterocycles. The molecule has 9 heteroatoms. The van der Waals surface area contributed by atoms with E-state index in [9.17, 15) is 18.0 Å². The highest BCUT2D eigenvalue weighted by Gasteiger charge is 2.26. The quantitative estimate of drug-likeness (QED) is 0.422. The third-order valence-corrected chi connectivity index (χ3v) is 8.29. The maximum absolute atomic E-state index is 12.7. The molecule has 0 radical (unpaired) electrons. The number of rotatable bonds is 7. The molecule has 1 saturated heterocycles. The fourth-order valence-electron chi connectivity index (χ4n) is 4.29. The lowest BCUT2D eigenvalue weighted by Gasteiger charge is -2.31. The monoisotopic (exact) mass is 538 g/mol. The van der Waals surface area contributed by atoms with Gasteiger partial charge in [0.05, 0.1) is 4.90 Å². The fraction of sp³-hybridized carbons (Fsp3) is 0.379. The van der Waals surface area contributed by atoms with Gasteiger partial charge in [0.1, 0.15) is 17.6 Å². The second-order valence-electron chi connectivity index (χ2n) is 10.3. The lowest BCUT2D eigenvalue weighted by Crippen LogP contribution is -2.43. The Kier molecular flexibility index (Phi) is 7.97. The standard InChI is InChI=1S/C29H34N2O6S/c1-5-29(2,3)21-6-10-23(11-7-21)37-28(33)30-17-14-24(15-18-30)36-25-16-19-31(27(32)20-25)22-8-12-26(13-9-22)38(4,34)35/h6-13,16,19-20,24H,5,14-15,17-18H2,1-4H3. The van der Waals surface area contributed by atoms with Crippen molar-refractivity contribution < 1.29 is 22.7 Å². The number of aromatic nitrogens is 1. The van der Waals surface area contributed by atoms with E-state index in [0.29, 0.717) is 43.1 Å². The van der Waals surface area contributed by atoms with E-state index >= 15 is 0 Å². The Morgan fingerprint density at radius 2 is 1.61 bits per heavy atom. The second kappa shape index (κ2) is 11.0. The highest BCUT2D eigenvalue weighted by atomic mass is 32.2. The van der Waals surface area contributed by atoms with Crippen LogP contribution in [0.1, 0.15) is 45.6 Å². The van der Waals surface area contributed by atoms with Crippen molar-refractivity contribution in [3.8, 4) is 17.2 Å². The number of hydrogen-bond donors (Lipinski definition) is 0. The van der Waals surface area contributed by atoms with Gasteiger partial charge in [0.15, 0.2) is 9.84 Å². The minimum atomic E-state index is -3.31. The van der Waals surface area contributed by atoms with Gasteiger partial charge < -0.3 is 14.4 Å². The summed E-state index contributed by atoms with van der Waals surface area (Å²) in [6.07, 6.45) is 4.49. The van der Waals surface area contributed by atoms with E-state index < -0.39 is 9.84 Å². The third kappa shape index (κ3) is 6.45. The van der Waals surface area contributed by atoms with E-state index in [-0.39, 0.29) is 28.1 Å². The van der Waals surface area contributed by atoms with Gasteiger partial charge in [-0.2, -0.15) is 0 Å². The van der Waals surface area contributed by atoms with Crippen molar-refractivity contribution in [2.24, 2.45) is 0 Å². The largest absolute Gasteiger partial charge is 0.490 e. The molecule has 0 bridgehead atoms. The van der Waals surface area contributed by atoms with Crippen LogP contribution in [0.25, 0.3) is 5.69 Å². The van der Waals surface area contributed by atoms with E-state index in [2.05, 4.69) is 20.8 Å². The van der Waals surface area contributed by atoms with Crippen molar-refractivity contribution in [3.05, 3.63) is 82.8 Å². The number of amides is 1. The van der Waals surface area contributed by atoms with Crippen LogP contribution in [0, 0.1) is 0 Å². The van der Waals surface area contributed by atoms with Crippen LogP contribution < -0.4 is 15.0 Å². The van der Waals surface area contributed by atoms with E-state index in [1.807, 2.05) is 24.3 Å². The van der Waals surface area contributed by atoms with Gasteiger partial charge in [0, 0.05) is 50.1 Å². The van der Waals surface area contributed by atoms with Crippen LogP contribution in [0.5, 0.6) is 11.5 Å². The van der Waals surface area contributed by atoms with E-state index in [4.69, 9.17) is 9.47 Å². The molecule has 2 aromatic carbocycles. The first kappa shape index (κ1) is 27.4. The molecule has 2 heterocycles. The molecule has 0 spiro atoms. The Hall–Kier alpha value is -3.59. The molecule has 0 unspecified atom stereocenters. The summed E-state index contributed by atoms with van der Waals surface area (Å²) in [5.74, 6) is 0.977. The van der Waals surface area contributed by atoms with Crippen LogP contribution in [-0.4, -0.2) is 49.4 Å². The number of benzene rings is 2. The Bertz CT molecular complexity index is 1440. The van der Waals surface area contributed by atoms with Crippen LogP contribution in [0.15, 0.2) is 76.6 Å². The maximum Gasteiger partial charge on any atom is 0.415 e. The van der Waals surface area contributed by atoms with Gasteiger partial charge in [-0.25, -0.2) is 13.2 Å². The van der Waals surface area contributed by atoms with E-state index in [1.54, 1.807) is 29.3 Å². The molecule has 0 N–H and O–H groups in total. The van der Waals surface area contributed by atoms with Gasteiger partial charge in [-0.3, -0.25) is 9.36 Å². The molecule has 1 aliphatic rings. The van der Waals surface area contributed by atoms with Gasteiger partial charge in [-0.1, -0.05) is 32.9 Å². The molecule has 1 aliphatic heterocycles. The number of carbonyl (C=O) groups excluding carboxylic acids is 1. The molecular weight excluding hydrogens is 504 g/mol. The SMILES string of the molecule is CCC(C)(C)c1ccc(OC(=O)N2CCC(Oc3ccn(-c4ccc(S(C)(=O)=O)cc4)c(=O)c3)CC2)cc1. The molecule has 202 valence electrons. The Labute approximate surface area is 223 Å². The van der Waals surface area contributed by atoms with Crippen LogP contribution in [0.4, 0.5) is 4.79 Å². The summed E-state index contributed by atoms with van der Waals surface area (Å²) in [4.78, 5) is 27.2. The van der Waals surface area contributed by atoms with E-state index in [1.165, 1.54) is 28.3 Å². The summed E-state index contributed by atoms with van der Waals surface area (Å²) in [5.41, 5.74) is 1.55. The van der Waals surface area contributed by atoms with Crippen LogP contribution in [-0.2, 0) is 15.3 Å². The zero-order valence-electron chi connectivity index (χ0n) is 22.2. The predicted octanol–water partition coefficient (Wildman–Crippen LogP) is 4.97. The lowest BCUT2D eigenvalue weighted by molar-refractivity contribution is 0.0929. The predicted molar refractivity (Wildman–Crippen MR) is 146 cm³/mol. The number of likely N-dealkylation sites (tertiary alicyclic amines) is 1. The molecule has 8 nitrogen and oxygen atoms in total. The summed E-state index contributed by atoms with van der Waals surface area (Å²) < 4.78 is 36.3. The molecular formula is C29H34N2O6S. The Balaban J connectivity index is 1.30. The molecule has 0 atom stereocenters. The van der Waals surface area contributed by atoms with Gasteiger partial charge in [0.25, 0.3) is 5.56 Å². The van der Waals surface area contributed by atoms with Gasteiger partial charge in [-0.15, -0.1) is 0 Å². The molecule has 1 amide bonds. The van der Waals surface area contributed by atoms with Crippen molar-refractivity contribution in [2.45, 2.75) is 56.4 Å². The molecule has 0 saturated carbocycles. The van der Waals surface area contributed by atoms with Crippen molar-refractivity contribution in [1.82, 2.24) is 9.47 Å². The highest BCUT2D eigenvalue weighted by molar-refractivity contribution is 7.90. The number of carbonyl (C=O) groups is 1. The molecule has 3 aromatic rings. The highest BCUT2D eigenvalue weighted by Crippen LogP contribution is 2.28. The Morgan fingerprint density at radius 1 is 0.974 bits per heavy atom. The Morgan fingerprint density at radius 3 is 2.16 bits per heavy atom. The van der Waals surface area contributed by atoms with Crippen molar-refractivity contribution in [2.75, 3.05) is 19.3 Å². The summed E-state index contributed by atoms with van der Waals surface area (Å²) in [6.45, 7) is 7.51. The van der Waals surface area contributed by atoms with Gasteiger partial charge in [0.2, 0.25) is 0 Å². The van der Waals surface area contributed by atoms with Crippen molar-refractivity contribution in [1.29, 1.82) is 0 Å². The minimum Gasteiger partial charge on any atom is -0.490 e. The molecule has 1 fully saturated rings. The number of hydrogen-bond acceptors (Lipinski definition) is 6. The van der Waals surface area contributed by atoms with Crippen molar-refractivity contribution in [3.63, 3.8) is 0 Å². The van der Waals surface area contributed by atoms with Crippen LogP contribution in [0.2, 0.25) is 0 Å². The minimum absolute atomic E-state index is 0.0713. The smallest absolute Gasteiger partial charge is 0.415 e. The summed E-state index contributed by atoms with van der Waals surface area (Å²) in [6, 6.07) is 16.9. The zero-order chi connectivity index (χ0) is 27.5. The summed E-state index contributed by atoms with van der Waals surface area (Å²) in [7, 11) is -3.31. The number of sulfone groups is 1. The molecule has 4 rings (SSSR count). The van der Waals surface area contributed by atoms with Gasteiger partial charge in [-0.05, 0) is 59.9 Å². The average Bonchev–Trinajstić information content (AvgIpc) is 2.89. The molecule has 38 heavy (non-hydrogen) atoms. The maximum atomic E-state index is 12.7. The summed E-state index contributed by atoms with van der Waals surface area (Å²) in [5, 5.41) is 0.